The number of benzene rings is 4. The molecule has 0 N–H and O–H groups in total. The molecule has 0 spiro atoms. The Hall–Kier alpha value is -3.80. The molecule has 0 bridgehead atoms. The van der Waals surface area contributed by atoms with Crippen LogP contribution in [0.3, 0.4) is 0 Å². The molecule has 270 valence electrons. The zero-order valence-electron chi connectivity index (χ0n) is 30.6. The molecular formula is C42H51N2O6P. The summed E-state index contributed by atoms with van der Waals surface area (Å²) in [7, 11) is 1.84. The Morgan fingerprint density at radius 1 is 0.784 bits per heavy atom. The Morgan fingerprint density at radius 3 is 1.82 bits per heavy atom. The second kappa shape index (κ2) is 18.6. The molecule has 4 atom stereocenters. The first kappa shape index (κ1) is 38.4. The van der Waals surface area contributed by atoms with Crippen LogP contribution in [0.2, 0.25) is 0 Å². The molecule has 9 heteroatoms. The van der Waals surface area contributed by atoms with Crippen LogP contribution in [0, 0.1) is 11.3 Å². The van der Waals surface area contributed by atoms with E-state index in [1.165, 1.54) is 5.56 Å². The number of nitrogens with zero attached hydrogens (tertiary/aromatic N) is 2. The standard InChI is InChI=1S/C42H51N2O6P/c1-31(2)44(32(3)4)51(48-27-13-26-43)50-40-29-39(28-33-14-9-7-10-15-33)49-41(40)30-47-42(34-16-11-8-12-17-34,35-18-22-37(45-5)23-19-35)36-20-24-38(46-6)25-21-36/h7-12,14-25,31-32,39-41H,13,27-30H2,1-6H3/t39-,40-,41+,51?/m0/s1. The van der Waals surface area contributed by atoms with E-state index in [0.717, 1.165) is 34.6 Å². The number of rotatable bonds is 18. The second-order valence-corrected chi connectivity index (χ2v) is 14.6. The predicted molar refractivity (Wildman–Crippen MR) is 202 cm³/mol. The van der Waals surface area contributed by atoms with Crippen molar-refractivity contribution in [3.05, 3.63) is 131 Å². The molecule has 0 amide bonds. The summed E-state index contributed by atoms with van der Waals surface area (Å²) >= 11 is 0. The van der Waals surface area contributed by atoms with Crippen molar-refractivity contribution in [3.63, 3.8) is 0 Å². The van der Waals surface area contributed by atoms with Crippen LogP contribution in [0.25, 0.3) is 0 Å². The monoisotopic (exact) mass is 710 g/mol. The molecule has 1 saturated heterocycles. The van der Waals surface area contributed by atoms with Gasteiger partial charge in [-0.3, -0.25) is 0 Å². The smallest absolute Gasteiger partial charge is 0.259 e. The highest BCUT2D eigenvalue weighted by Gasteiger charge is 2.44. The molecule has 0 radical (unpaired) electrons. The summed E-state index contributed by atoms with van der Waals surface area (Å²) in [6.07, 6.45) is 0.928. The summed E-state index contributed by atoms with van der Waals surface area (Å²) in [6, 6.07) is 39.3. The molecule has 51 heavy (non-hydrogen) atoms. The first-order valence-corrected chi connectivity index (χ1v) is 18.8. The number of hydrogen-bond donors (Lipinski definition) is 0. The highest BCUT2D eigenvalue weighted by molar-refractivity contribution is 7.44. The van der Waals surface area contributed by atoms with Crippen molar-refractivity contribution in [1.82, 2.24) is 4.67 Å². The first-order chi connectivity index (χ1) is 24.8. The normalized spacial score (nSPS) is 18.2. The fourth-order valence-electron chi connectivity index (χ4n) is 6.76. The van der Waals surface area contributed by atoms with E-state index in [2.05, 4.69) is 99.1 Å². The summed E-state index contributed by atoms with van der Waals surface area (Å²) in [5, 5.41) is 9.30. The van der Waals surface area contributed by atoms with Crippen molar-refractivity contribution in [3.8, 4) is 17.6 Å². The van der Waals surface area contributed by atoms with Gasteiger partial charge in [0.05, 0.1) is 52.1 Å². The lowest BCUT2D eigenvalue weighted by Crippen LogP contribution is -2.39. The Labute approximate surface area is 305 Å². The highest BCUT2D eigenvalue weighted by Crippen LogP contribution is 2.50. The van der Waals surface area contributed by atoms with Gasteiger partial charge in [0.1, 0.15) is 23.2 Å². The van der Waals surface area contributed by atoms with Crippen LogP contribution in [0.4, 0.5) is 0 Å². The third kappa shape index (κ3) is 9.55. The average molecular weight is 711 g/mol. The van der Waals surface area contributed by atoms with Crippen molar-refractivity contribution < 1.29 is 28.0 Å². The maximum Gasteiger partial charge on any atom is 0.259 e. The molecule has 5 rings (SSSR count). The van der Waals surface area contributed by atoms with Crippen LogP contribution in [0.15, 0.2) is 109 Å². The van der Waals surface area contributed by atoms with Crippen LogP contribution in [-0.4, -0.2) is 62.5 Å². The summed E-state index contributed by atoms with van der Waals surface area (Å²) in [6.45, 7) is 9.13. The lowest BCUT2D eigenvalue weighted by Gasteiger charge is -2.39. The fourth-order valence-corrected chi connectivity index (χ4v) is 8.52. The van der Waals surface area contributed by atoms with Gasteiger partial charge in [-0.1, -0.05) is 84.9 Å². The number of methoxy groups -OCH3 is 2. The van der Waals surface area contributed by atoms with Gasteiger partial charge in [-0.2, -0.15) is 5.26 Å². The molecule has 0 aromatic heterocycles. The van der Waals surface area contributed by atoms with Gasteiger partial charge in [0.15, 0.2) is 0 Å². The zero-order chi connectivity index (χ0) is 36.2. The zero-order valence-corrected chi connectivity index (χ0v) is 31.5. The summed E-state index contributed by atoms with van der Waals surface area (Å²) in [5.74, 6) is 1.52. The van der Waals surface area contributed by atoms with Gasteiger partial charge in [0.2, 0.25) is 0 Å². The van der Waals surface area contributed by atoms with Crippen molar-refractivity contribution in [2.45, 2.75) is 83.0 Å². The van der Waals surface area contributed by atoms with Crippen LogP contribution in [-0.2, 0) is 30.5 Å². The lowest BCUT2D eigenvalue weighted by atomic mass is 9.80. The molecule has 1 aliphatic heterocycles. The second-order valence-electron chi connectivity index (χ2n) is 13.2. The molecule has 0 saturated carbocycles. The Bertz CT molecular complexity index is 1590. The van der Waals surface area contributed by atoms with E-state index in [1.807, 2.05) is 48.5 Å². The maximum atomic E-state index is 9.30. The van der Waals surface area contributed by atoms with Gasteiger partial charge >= 0.3 is 0 Å². The molecule has 1 aliphatic rings. The topological polar surface area (TPSA) is 82.4 Å². The Morgan fingerprint density at radius 2 is 1.31 bits per heavy atom. The largest absolute Gasteiger partial charge is 0.497 e. The van der Waals surface area contributed by atoms with Crippen molar-refractivity contribution in [1.29, 1.82) is 5.26 Å². The molecular weight excluding hydrogens is 659 g/mol. The molecule has 4 aromatic rings. The van der Waals surface area contributed by atoms with Gasteiger partial charge in [0.25, 0.3) is 8.53 Å². The first-order valence-electron chi connectivity index (χ1n) is 17.7. The van der Waals surface area contributed by atoms with Gasteiger partial charge in [-0.25, -0.2) is 4.67 Å². The lowest BCUT2D eigenvalue weighted by molar-refractivity contribution is -0.0798. The van der Waals surface area contributed by atoms with Crippen LogP contribution in [0.5, 0.6) is 11.5 Å². The quantitative estimate of drug-likeness (QED) is 0.0575. The van der Waals surface area contributed by atoms with Crippen LogP contribution < -0.4 is 9.47 Å². The van der Waals surface area contributed by atoms with Crippen molar-refractivity contribution in [2.75, 3.05) is 27.4 Å². The minimum atomic E-state index is -1.49. The van der Waals surface area contributed by atoms with E-state index in [4.69, 9.17) is 28.0 Å². The van der Waals surface area contributed by atoms with Gasteiger partial charge in [-0.15, -0.1) is 0 Å². The van der Waals surface area contributed by atoms with E-state index in [1.54, 1.807) is 14.2 Å². The summed E-state index contributed by atoms with van der Waals surface area (Å²) in [4.78, 5) is 0. The molecule has 1 fully saturated rings. The maximum absolute atomic E-state index is 9.30. The molecule has 8 nitrogen and oxygen atoms in total. The van der Waals surface area contributed by atoms with Crippen molar-refractivity contribution >= 4 is 8.53 Å². The summed E-state index contributed by atoms with van der Waals surface area (Å²) in [5.41, 5.74) is 3.08. The predicted octanol–water partition coefficient (Wildman–Crippen LogP) is 9.07. The average Bonchev–Trinajstić information content (AvgIpc) is 3.53. The number of ether oxygens (including phenoxy) is 4. The van der Waals surface area contributed by atoms with E-state index < -0.39 is 20.2 Å². The van der Waals surface area contributed by atoms with Gasteiger partial charge < -0.3 is 28.0 Å². The highest BCUT2D eigenvalue weighted by atomic mass is 31.2. The third-order valence-electron chi connectivity index (χ3n) is 9.11. The third-order valence-corrected chi connectivity index (χ3v) is 11.3. The van der Waals surface area contributed by atoms with E-state index in [0.29, 0.717) is 19.4 Å². The molecule has 4 aromatic carbocycles. The van der Waals surface area contributed by atoms with E-state index >= 15 is 0 Å². The fraction of sp³-hybridized carbons (Fsp3) is 0.405. The Balaban J connectivity index is 1.54. The van der Waals surface area contributed by atoms with Crippen LogP contribution in [0.1, 0.15) is 62.8 Å². The molecule has 0 aliphatic carbocycles. The van der Waals surface area contributed by atoms with Gasteiger partial charge in [0, 0.05) is 18.5 Å². The number of hydrogen-bond acceptors (Lipinski definition) is 8. The molecule has 1 heterocycles. The van der Waals surface area contributed by atoms with Gasteiger partial charge in [-0.05, 0) is 80.6 Å². The van der Waals surface area contributed by atoms with E-state index in [-0.39, 0.29) is 30.9 Å². The van der Waals surface area contributed by atoms with Crippen LogP contribution >= 0.6 is 8.53 Å². The minimum absolute atomic E-state index is 0.0818. The summed E-state index contributed by atoms with van der Waals surface area (Å²) < 4.78 is 40.9. The molecule has 1 unspecified atom stereocenters. The SMILES string of the molecule is COc1ccc(C(OC[C@H]2O[C@@H](Cc3ccccc3)C[C@@H]2OP(OCCC#N)N(C(C)C)C(C)C)(c2ccccc2)c2ccc(OC)cc2)cc1. The minimum Gasteiger partial charge on any atom is -0.497 e. The number of nitriles is 1. The van der Waals surface area contributed by atoms with E-state index in [9.17, 15) is 5.26 Å². The van der Waals surface area contributed by atoms with Crippen molar-refractivity contribution in [2.24, 2.45) is 0 Å². The Kier molecular flexibility index (Phi) is 14.0.